The van der Waals surface area contributed by atoms with Gasteiger partial charge >= 0.3 is 0 Å². The molecule has 0 bridgehead atoms. The molecule has 1 saturated heterocycles. The summed E-state index contributed by atoms with van der Waals surface area (Å²) < 4.78 is 7.16. The molecule has 0 spiro atoms. The van der Waals surface area contributed by atoms with E-state index in [1.807, 2.05) is 60.7 Å². The maximum absolute atomic E-state index is 13.2. The molecule has 1 saturated carbocycles. The Morgan fingerprint density at radius 2 is 1.66 bits per heavy atom. The molecule has 7 rings (SSSR count). The molecular formula is C38H38Cl2N6O4. The average molecular weight is 714 g/mol. The molecule has 1 amide bonds. The van der Waals surface area contributed by atoms with E-state index in [0.29, 0.717) is 71.3 Å². The standard InChI is InChI=1S/C38H38Cl2N6O4/c1-50-37-24(17-41-20-26-11-13-34(48)44-26)10-12-31(45-37)30-7-3-6-29(36(30)40)28-5-2-4-27(35(28)39)23-14-15-46-33(16-23)43-19-25(38(46)49)18-42-21-32(47)22-8-9-22/h2-7,10,12,14-16,19,22,26,32,41-42,47H,8-9,11,13,17-18,20-21H2,1H3,(H,44,48)/t26-,32+/m0/s1. The highest BCUT2D eigenvalue weighted by atomic mass is 35.5. The Labute approximate surface area is 299 Å². The Morgan fingerprint density at radius 1 is 0.940 bits per heavy atom. The van der Waals surface area contributed by atoms with Gasteiger partial charge in [-0.05, 0) is 48.9 Å². The van der Waals surface area contributed by atoms with Gasteiger partial charge < -0.3 is 25.8 Å². The molecule has 4 heterocycles. The van der Waals surface area contributed by atoms with Crippen LogP contribution in [-0.4, -0.2) is 57.7 Å². The van der Waals surface area contributed by atoms with E-state index in [9.17, 15) is 14.7 Å². The summed E-state index contributed by atoms with van der Waals surface area (Å²) in [6.45, 7) is 2.00. The maximum Gasteiger partial charge on any atom is 0.262 e. The zero-order valence-electron chi connectivity index (χ0n) is 27.6. The highest BCUT2D eigenvalue weighted by molar-refractivity contribution is 6.39. The molecule has 258 valence electrons. The number of fused-ring (bicyclic) bond motifs is 1. The Kier molecular flexibility index (Phi) is 10.2. The van der Waals surface area contributed by atoms with E-state index in [0.717, 1.165) is 52.6 Å². The van der Waals surface area contributed by atoms with Gasteiger partial charge in [-0.15, -0.1) is 0 Å². The number of aliphatic hydroxyl groups is 1. The van der Waals surface area contributed by atoms with Gasteiger partial charge in [-0.1, -0.05) is 65.7 Å². The highest BCUT2D eigenvalue weighted by Gasteiger charge is 2.29. The molecule has 0 radical (unpaired) electrons. The van der Waals surface area contributed by atoms with E-state index < -0.39 is 0 Å². The number of pyridine rings is 2. The second-order valence-electron chi connectivity index (χ2n) is 12.9. The summed E-state index contributed by atoms with van der Waals surface area (Å²) in [4.78, 5) is 34.1. The number of benzene rings is 2. The quantitative estimate of drug-likeness (QED) is 0.124. The summed E-state index contributed by atoms with van der Waals surface area (Å²) in [6, 6.07) is 19.3. The van der Waals surface area contributed by atoms with Crippen LogP contribution in [0.4, 0.5) is 0 Å². The number of nitrogens with one attached hydrogen (secondary N) is 3. The lowest BCUT2D eigenvalue weighted by atomic mass is 9.97. The molecule has 5 aromatic rings. The van der Waals surface area contributed by atoms with Gasteiger partial charge in [0, 0.05) is 84.4 Å². The predicted molar refractivity (Wildman–Crippen MR) is 195 cm³/mol. The topological polar surface area (TPSA) is 130 Å². The van der Waals surface area contributed by atoms with Gasteiger partial charge in [0.1, 0.15) is 5.65 Å². The smallest absolute Gasteiger partial charge is 0.262 e. The first-order chi connectivity index (χ1) is 24.3. The van der Waals surface area contributed by atoms with Crippen molar-refractivity contribution in [1.29, 1.82) is 0 Å². The molecule has 1 aliphatic heterocycles. The van der Waals surface area contributed by atoms with Crippen LogP contribution in [0.3, 0.4) is 0 Å². The summed E-state index contributed by atoms with van der Waals surface area (Å²) in [7, 11) is 1.59. The lowest BCUT2D eigenvalue weighted by Gasteiger charge is -2.16. The Hall–Kier alpha value is -4.32. The van der Waals surface area contributed by atoms with E-state index in [4.69, 9.17) is 32.9 Å². The zero-order chi connectivity index (χ0) is 34.8. The van der Waals surface area contributed by atoms with Crippen molar-refractivity contribution in [2.24, 2.45) is 5.92 Å². The van der Waals surface area contributed by atoms with Crippen molar-refractivity contribution < 1.29 is 14.6 Å². The molecule has 2 atom stereocenters. The fourth-order valence-electron chi connectivity index (χ4n) is 6.45. The molecule has 1 aliphatic carbocycles. The monoisotopic (exact) mass is 712 g/mol. The van der Waals surface area contributed by atoms with Crippen LogP contribution in [-0.2, 0) is 17.9 Å². The number of halogens is 2. The van der Waals surface area contributed by atoms with Crippen LogP contribution in [0.5, 0.6) is 5.88 Å². The van der Waals surface area contributed by atoms with Crippen molar-refractivity contribution in [3.05, 3.63) is 105 Å². The summed E-state index contributed by atoms with van der Waals surface area (Å²) in [6.07, 6.45) is 6.43. The highest BCUT2D eigenvalue weighted by Crippen LogP contribution is 2.42. The van der Waals surface area contributed by atoms with Crippen molar-refractivity contribution in [3.63, 3.8) is 0 Å². The number of carbonyl (C=O) groups is 1. The van der Waals surface area contributed by atoms with Gasteiger partial charge in [0.05, 0.1) is 29.0 Å². The lowest BCUT2D eigenvalue weighted by Crippen LogP contribution is -2.35. The number of ether oxygens (including phenoxy) is 1. The Morgan fingerprint density at radius 3 is 2.38 bits per heavy atom. The van der Waals surface area contributed by atoms with E-state index in [2.05, 4.69) is 20.9 Å². The number of rotatable bonds is 13. The van der Waals surface area contributed by atoms with Gasteiger partial charge in [-0.3, -0.25) is 14.0 Å². The third kappa shape index (κ3) is 7.26. The van der Waals surface area contributed by atoms with Gasteiger partial charge in [0.2, 0.25) is 11.8 Å². The number of methoxy groups -OCH3 is 1. The van der Waals surface area contributed by atoms with Crippen molar-refractivity contribution in [3.8, 4) is 39.4 Å². The lowest BCUT2D eigenvalue weighted by molar-refractivity contribution is -0.119. The minimum absolute atomic E-state index is 0.0939. The van der Waals surface area contributed by atoms with Crippen LogP contribution in [0.1, 0.15) is 36.8 Å². The summed E-state index contributed by atoms with van der Waals surface area (Å²) in [5.41, 5.74) is 6.24. The van der Waals surface area contributed by atoms with Gasteiger partial charge in [0.25, 0.3) is 5.56 Å². The molecule has 12 heteroatoms. The van der Waals surface area contributed by atoms with Crippen molar-refractivity contribution in [2.75, 3.05) is 20.2 Å². The first kappa shape index (κ1) is 34.1. The summed E-state index contributed by atoms with van der Waals surface area (Å²) >= 11 is 14.2. The van der Waals surface area contributed by atoms with Crippen LogP contribution in [0.15, 0.2) is 77.9 Å². The number of hydrogen-bond donors (Lipinski definition) is 4. The first-order valence-corrected chi connectivity index (χ1v) is 17.6. The van der Waals surface area contributed by atoms with Gasteiger partial charge in [-0.2, -0.15) is 0 Å². The summed E-state index contributed by atoms with van der Waals surface area (Å²) in [5.74, 6) is 0.956. The number of aromatic nitrogens is 3. The van der Waals surface area contributed by atoms with Crippen molar-refractivity contribution in [1.82, 2.24) is 30.3 Å². The molecule has 4 N–H and O–H groups in total. The average Bonchev–Trinajstić information content (AvgIpc) is 3.90. The second-order valence-corrected chi connectivity index (χ2v) is 13.7. The third-order valence-electron chi connectivity index (χ3n) is 9.41. The Bertz CT molecular complexity index is 2120. The molecule has 2 fully saturated rings. The van der Waals surface area contributed by atoms with E-state index in [1.165, 1.54) is 4.40 Å². The van der Waals surface area contributed by atoms with Crippen LogP contribution >= 0.6 is 23.2 Å². The van der Waals surface area contributed by atoms with Crippen molar-refractivity contribution in [2.45, 2.75) is 50.9 Å². The molecule has 3 aromatic heterocycles. The molecular weight excluding hydrogens is 675 g/mol. The van der Waals surface area contributed by atoms with Crippen LogP contribution in [0.25, 0.3) is 39.2 Å². The molecule has 0 unspecified atom stereocenters. The fourth-order valence-corrected chi connectivity index (χ4v) is 7.11. The molecule has 10 nitrogen and oxygen atoms in total. The fraction of sp³-hybridized carbons (Fsp3) is 0.316. The van der Waals surface area contributed by atoms with E-state index in [1.54, 1.807) is 19.5 Å². The van der Waals surface area contributed by atoms with E-state index in [-0.39, 0.29) is 23.6 Å². The van der Waals surface area contributed by atoms with Crippen LogP contribution in [0.2, 0.25) is 10.0 Å². The largest absolute Gasteiger partial charge is 0.481 e. The Balaban J connectivity index is 1.11. The van der Waals surface area contributed by atoms with Crippen LogP contribution < -0.4 is 26.2 Å². The minimum atomic E-state index is -0.383. The van der Waals surface area contributed by atoms with Crippen molar-refractivity contribution >= 4 is 34.8 Å². The first-order valence-electron chi connectivity index (χ1n) is 16.8. The minimum Gasteiger partial charge on any atom is -0.481 e. The molecule has 50 heavy (non-hydrogen) atoms. The van der Waals surface area contributed by atoms with Crippen LogP contribution in [0, 0.1) is 5.92 Å². The van der Waals surface area contributed by atoms with E-state index >= 15 is 0 Å². The second kappa shape index (κ2) is 14.9. The number of hydrogen-bond acceptors (Lipinski definition) is 8. The number of nitrogens with zero attached hydrogens (tertiary/aromatic N) is 3. The molecule has 2 aromatic carbocycles. The number of aliphatic hydroxyl groups excluding tert-OH is 1. The normalized spacial score (nSPS) is 16.5. The number of carbonyl (C=O) groups excluding carboxylic acids is 1. The van der Waals surface area contributed by atoms with Gasteiger partial charge in [-0.25, -0.2) is 9.97 Å². The van der Waals surface area contributed by atoms with Gasteiger partial charge in [0.15, 0.2) is 0 Å². The zero-order valence-corrected chi connectivity index (χ0v) is 29.1. The SMILES string of the molecule is COc1nc(-c2cccc(-c3cccc(-c4ccn5c(=O)c(CNC[C@@H](O)C6CC6)cnc5c4)c3Cl)c2Cl)ccc1CNC[C@@H]1CCC(=O)N1. The summed E-state index contributed by atoms with van der Waals surface area (Å²) in [5, 5.41) is 20.7. The predicted octanol–water partition coefficient (Wildman–Crippen LogP) is 5.63. The third-order valence-corrected chi connectivity index (χ3v) is 10.2. The molecule has 2 aliphatic rings. The maximum atomic E-state index is 13.2. The number of amides is 1.